The average molecular weight is 280 g/mol. The van der Waals surface area contributed by atoms with E-state index in [-0.39, 0.29) is 12.1 Å². The predicted molar refractivity (Wildman–Crippen MR) is 80.5 cm³/mol. The molecule has 7 nitrogen and oxygen atoms in total. The standard InChI is InChI=1S/C13H24N6O/c1-6-14-11-15-12(18(4)5)17-13(16-11)19-7-10(3)20-8-9(19)2/h9-10H,6-8H2,1-5H3,(H,14,15,16,17). The van der Waals surface area contributed by atoms with Crippen molar-refractivity contribution in [3.8, 4) is 0 Å². The highest BCUT2D eigenvalue weighted by molar-refractivity contribution is 5.45. The van der Waals surface area contributed by atoms with Gasteiger partial charge in [0.1, 0.15) is 0 Å². The van der Waals surface area contributed by atoms with Crippen LogP contribution in [-0.2, 0) is 4.74 Å². The summed E-state index contributed by atoms with van der Waals surface area (Å²) < 4.78 is 5.66. The number of morpholine rings is 1. The molecule has 0 bridgehead atoms. The number of hydrogen-bond donors (Lipinski definition) is 1. The maximum Gasteiger partial charge on any atom is 0.232 e. The Kier molecular flexibility index (Phi) is 4.59. The van der Waals surface area contributed by atoms with Gasteiger partial charge in [-0.15, -0.1) is 0 Å². The number of anilines is 3. The Hall–Kier alpha value is -1.63. The average Bonchev–Trinajstić information content (AvgIpc) is 2.41. The van der Waals surface area contributed by atoms with Gasteiger partial charge in [-0.2, -0.15) is 15.0 Å². The molecule has 0 radical (unpaired) electrons. The van der Waals surface area contributed by atoms with E-state index in [1.807, 2.05) is 25.9 Å². The van der Waals surface area contributed by atoms with E-state index in [4.69, 9.17) is 4.74 Å². The fourth-order valence-electron chi connectivity index (χ4n) is 2.10. The second-order valence-electron chi connectivity index (χ2n) is 5.33. The van der Waals surface area contributed by atoms with Gasteiger partial charge < -0.3 is 19.9 Å². The highest BCUT2D eigenvalue weighted by atomic mass is 16.5. The lowest BCUT2D eigenvalue weighted by Crippen LogP contribution is -2.48. The van der Waals surface area contributed by atoms with Crippen LogP contribution in [0.1, 0.15) is 20.8 Å². The molecule has 1 aliphatic heterocycles. The molecule has 0 saturated carbocycles. The number of nitrogens with one attached hydrogen (secondary N) is 1. The number of rotatable bonds is 4. The van der Waals surface area contributed by atoms with E-state index in [0.29, 0.717) is 24.5 Å². The molecule has 2 heterocycles. The van der Waals surface area contributed by atoms with Gasteiger partial charge in [-0.1, -0.05) is 0 Å². The normalized spacial score (nSPS) is 22.8. The summed E-state index contributed by atoms with van der Waals surface area (Å²) in [6.45, 7) is 8.49. The summed E-state index contributed by atoms with van der Waals surface area (Å²) in [4.78, 5) is 17.6. The highest BCUT2D eigenvalue weighted by Crippen LogP contribution is 2.21. The third-order valence-electron chi connectivity index (χ3n) is 3.21. The zero-order valence-corrected chi connectivity index (χ0v) is 12.9. The largest absolute Gasteiger partial charge is 0.375 e. The Balaban J connectivity index is 2.33. The smallest absolute Gasteiger partial charge is 0.232 e. The minimum Gasteiger partial charge on any atom is -0.375 e. The summed E-state index contributed by atoms with van der Waals surface area (Å²) >= 11 is 0. The third kappa shape index (κ3) is 3.27. The first-order valence-corrected chi connectivity index (χ1v) is 7.06. The molecule has 2 unspecified atom stereocenters. The summed E-state index contributed by atoms with van der Waals surface area (Å²) in [6, 6.07) is 0.262. The lowest BCUT2D eigenvalue weighted by molar-refractivity contribution is 0.0337. The Morgan fingerprint density at radius 1 is 1.30 bits per heavy atom. The maximum atomic E-state index is 5.66. The predicted octanol–water partition coefficient (Wildman–Crippen LogP) is 0.983. The van der Waals surface area contributed by atoms with Crippen LogP contribution in [0, 0.1) is 0 Å². The minimum atomic E-state index is 0.188. The summed E-state index contributed by atoms with van der Waals surface area (Å²) in [5.74, 6) is 1.99. The van der Waals surface area contributed by atoms with Crippen molar-refractivity contribution >= 4 is 17.8 Å². The van der Waals surface area contributed by atoms with Gasteiger partial charge in [0.05, 0.1) is 18.8 Å². The first kappa shape index (κ1) is 14.8. The van der Waals surface area contributed by atoms with E-state index in [1.54, 1.807) is 0 Å². The van der Waals surface area contributed by atoms with Gasteiger partial charge in [0, 0.05) is 27.2 Å². The van der Waals surface area contributed by atoms with Gasteiger partial charge >= 0.3 is 0 Å². The van der Waals surface area contributed by atoms with Gasteiger partial charge in [-0.05, 0) is 20.8 Å². The Bertz CT molecular complexity index is 452. The molecule has 1 aromatic rings. The summed E-state index contributed by atoms with van der Waals surface area (Å²) in [6.07, 6.45) is 0.188. The van der Waals surface area contributed by atoms with E-state index in [0.717, 1.165) is 13.1 Å². The molecule has 1 aliphatic rings. The zero-order valence-electron chi connectivity index (χ0n) is 12.9. The van der Waals surface area contributed by atoms with Crippen LogP contribution in [0.15, 0.2) is 0 Å². The molecule has 112 valence electrons. The fourth-order valence-corrected chi connectivity index (χ4v) is 2.10. The van der Waals surface area contributed by atoms with Crippen LogP contribution in [0.5, 0.6) is 0 Å². The molecule has 1 N–H and O–H groups in total. The molecule has 2 rings (SSSR count). The maximum absolute atomic E-state index is 5.66. The Morgan fingerprint density at radius 2 is 2.05 bits per heavy atom. The van der Waals surface area contributed by atoms with Crippen LogP contribution in [0.4, 0.5) is 17.8 Å². The number of hydrogen-bond acceptors (Lipinski definition) is 7. The molecule has 2 atom stereocenters. The van der Waals surface area contributed by atoms with Gasteiger partial charge in [-0.3, -0.25) is 0 Å². The van der Waals surface area contributed by atoms with Crippen LogP contribution in [-0.4, -0.2) is 60.9 Å². The van der Waals surface area contributed by atoms with Gasteiger partial charge in [0.25, 0.3) is 0 Å². The molecule has 0 amide bonds. The quantitative estimate of drug-likeness (QED) is 0.882. The molecule has 0 aromatic carbocycles. The van der Waals surface area contributed by atoms with Crippen molar-refractivity contribution in [2.24, 2.45) is 0 Å². The molecule has 0 aliphatic carbocycles. The molecular formula is C13H24N6O. The van der Waals surface area contributed by atoms with Crippen molar-refractivity contribution in [1.82, 2.24) is 15.0 Å². The minimum absolute atomic E-state index is 0.188. The van der Waals surface area contributed by atoms with Gasteiger partial charge in [0.2, 0.25) is 17.8 Å². The van der Waals surface area contributed by atoms with E-state index < -0.39 is 0 Å². The van der Waals surface area contributed by atoms with Crippen LogP contribution >= 0.6 is 0 Å². The lowest BCUT2D eigenvalue weighted by Gasteiger charge is -2.37. The van der Waals surface area contributed by atoms with Crippen molar-refractivity contribution in [3.63, 3.8) is 0 Å². The van der Waals surface area contributed by atoms with Crippen LogP contribution < -0.4 is 15.1 Å². The molecule has 1 fully saturated rings. The summed E-state index contributed by atoms with van der Waals surface area (Å²) in [7, 11) is 3.86. The van der Waals surface area contributed by atoms with Gasteiger partial charge in [0.15, 0.2) is 0 Å². The first-order valence-electron chi connectivity index (χ1n) is 7.06. The van der Waals surface area contributed by atoms with Crippen LogP contribution in [0.25, 0.3) is 0 Å². The van der Waals surface area contributed by atoms with Crippen LogP contribution in [0.3, 0.4) is 0 Å². The second kappa shape index (κ2) is 6.21. The zero-order chi connectivity index (χ0) is 14.7. The van der Waals surface area contributed by atoms with E-state index in [2.05, 4.69) is 39.0 Å². The number of ether oxygens (including phenoxy) is 1. The summed E-state index contributed by atoms with van der Waals surface area (Å²) in [5.41, 5.74) is 0. The number of nitrogens with zero attached hydrogens (tertiary/aromatic N) is 5. The first-order chi connectivity index (χ1) is 9.51. The van der Waals surface area contributed by atoms with Crippen LogP contribution in [0.2, 0.25) is 0 Å². The third-order valence-corrected chi connectivity index (χ3v) is 3.21. The molecule has 1 saturated heterocycles. The Labute approximate surface area is 120 Å². The molecular weight excluding hydrogens is 256 g/mol. The lowest BCUT2D eigenvalue weighted by atomic mass is 10.2. The van der Waals surface area contributed by atoms with E-state index in [9.17, 15) is 0 Å². The van der Waals surface area contributed by atoms with Crippen molar-refractivity contribution in [2.45, 2.75) is 32.9 Å². The topological polar surface area (TPSA) is 66.4 Å². The molecule has 20 heavy (non-hydrogen) atoms. The van der Waals surface area contributed by atoms with Crippen molar-refractivity contribution in [2.75, 3.05) is 48.9 Å². The highest BCUT2D eigenvalue weighted by Gasteiger charge is 2.26. The van der Waals surface area contributed by atoms with Crippen molar-refractivity contribution in [3.05, 3.63) is 0 Å². The van der Waals surface area contributed by atoms with Gasteiger partial charge in [-0.25, -0.2) is 0 Å². The van der Waals surface area contributed by atoms with Crippen molar-refractivity contribution < 1.29 is 4.74 Å². The SMILES string of the molecule is CCNc1nc(N(C)C)nc(N2CC(C)OCC2C)n1. The number of aromatic nitrogens is 3. The fraction of sp³-hybridized carbons (Fsp3) is 0.769. The van der Waals surface area contributed by atoms with Crippen molar-refractivity contribution in [1.29, 1.82) is 0 Å². The van der Waals surface area contributed by atoms with E-state index >= 15 is 0 Å². The monoisotopic (exact) mass is 280 g/mol. The van der Waals surface area contributed by atoms with E-state index in [1.165, 1.54) is 0 Å². The second-order valence-corrected chi connectivity index (χ2v) is 5.33. The molecule has 7 heteroatoms. The summed E-state index contributed by atoms with van der Waals surface area (Å²) in [5, 5.41) is 3.16. The molecule has 0 spiro atoms. The Morgan fingerprint density at radius 3 is 2.70 bits per heavy atom. The molecule has 1 aromatic heterocycles.